The van der Waals surface area contributed by atoms with Gasteiger partial charge in [0.2, 0.25) is 5.91 Å². The fourth-order valence-corrected chi connectivity index (χ4v) is 2.12. The maximum absolute atomic E-state index is 12.2. The Balaban J connectivity index is 2.31. The van der Waals surface area contributed by atoms with Gasteiger partial charge in [0.1, 0.15) is 0 Å². The summed E-state index contributed by atoms with van der Waals surface area (Å²) < 4.78 is 0. The zero-order valence-corrected chi connectivity index (χ0v) is 11.6. The number of hydrogen-bond donors (Lipinski definition) is 1. The second kappa shape index (κ2) is 7.00. The molecule has 3 nitrogen and oxygen atoms in total. The molecule has 0 heterocycles. The minimum absolute atomic E-state index is 0.329. The van der Waals surface area contributed by atoms with E-state index in [1.54, 1.807) is 0 Å². The Labute approximate surface area is 106 Å². The molecule has 0 bridgehead atoms. The van der Waals surface area contributed by atoms with E-state index in [9.17, 15) is 4.79 Å². The van der Waals surface area contributed by atoms with E-state index in [-0.39, 0.29) is 0 Å². The highest BCUT2D eigenvalue weighted by Crippen LogP contribution is 2.30. The molecule has 100 valence electrons. The molecule has 1 atom stereocenters. The second-order valence-corrected chi connectivity index (χ2v) is 5.80. The number of nitrogens with zero attached hydrogens (tertiary/aromatic N) is 1. The molecule has 1 aliphatic carbocycles. The molecule has 0 aliphatic heterocycles. The average molecular weight is 240 g/mol. The van der Waals surface area contributed by atoms with E-state index < -0.39 is 0 Å². The highest BCUT2D eigenvalue weighted by molar-refractivity contribution is 5.76. The first-order chi connectivity index (χ1) is 8.04. The standard InChI is InChI=1S/C14H28N2O/c1-11(2)16(10-13-5-6-13)14(17)7-4-12(3)8-9-15/h11-13H,4-10,15H2,1-3H3. The van der Waals surface area contributed by atoms with Crippen LogP contribution in [0.2, 0.25) is 0 Å². The molecule has 0 aromatic rings. The van der Waals surface area contributed by atoms with E-state index in [1.807, 2.05) is 0 Å². The molecular formula is C14H28N2O. The molecule has 1 fully saturated rings. The first kappa shape index (κ1) is 14.5. The van der Waals surface area contributed by atoms with Crippen molar-refractivity contribution in [3.8, 4) is 0 Å². The summed E-state index contributed by atoms with van der Waals surface area (Å²) in [4.78, 5) is 14.2. The van der Waals surface area contributed by atoms with Crippen molar-refractivity contribution in [1.82, 2.24) is 4.90 Å². The maximum Gasteiger partial charge on any atom is 0.222 e. The van der Waals surface area contributed by atoms with E-state index in [2.05, 4.69) is 25.7 Å². The van der Waals surface area contributed by atoms with Crippen molar-refractivity contribution in [2.45, 2.75) is 58.9 Å². The van der Waals surface area contributed by atoms with Gasteiger partial charge in [-0.1, -0.05) is 6.92 Å². The van der Waals surface area contributed by atoms with Crippen molar-refractivity contribution in [3.63, 3.8) is 0 Å². The van der Waals surface area contributed by atoms with Crippen LogP contribution in [0.5, 0.6) is 0 Å². The van der Waals surface area contributed by atoms with Crippen molar-refractivity contribution >= 4 is 5.91 Å². The Morgan fingerprint density at radius 2 is 1.94 bits per heavy atom. The molecule has 17 heavy (non-hydrogen) atoms. The largest absolute Gasteiger partial charge is 0.340 e. The number of amides is 1. The Hall–Kier alpha value is -0.570. The summed E-state index contributed by atoms with van der Waals surface area (Å²) in [6.07, 6.45) is 5.30. The molecule has 2 N–H and O–H groups in total. The first-order valence-corrected chi connectivity index (χ1v) is 7.04. The van der Waals surface area contributed by atoms with Gasteiger partial charge in [-0.2, -0.15) is 0 Å². The summed E-state index contributed by atoms with van der Waals surface area (Å²) in [6, 6.07) is 0.341. The van der Waals surface area contributed by atoms with Crippen LogP contribution in [0.15, 0.2) is 0 Å². The average Bonchev–Trinajstić information content (AvgIpc) is 3.06. The lowest BCUT2D eigenvalue weighted by molar-refractivity contribution is -0.133. The SMILES string of the molecule is CC(CCN)CCC(=O)N(CC1CC1)C(C)C. The van der Waals surface area contributed by atoms with Crippen LogP contribution in [0.25, 0.3) is 0 Å². The third kappa shape index (κ3) is 5.53. The summed E-state index contributed by atoms with van der Waals surface area (Å²) >= 11 is 0. The summed E-state index contributed by atoms with van der Waals surface area (Å²) in [6.45, 7) is 8.11. The topological polar surface area (TPSA) is 46.3 Å². The lowest BCUT2D eigenvalue weighted by Gasteiger charge is -2.27. The van der Waals surface area contributed by atoms with Gasteiger partial charge < -0.3 is 10.6 Å². The number of hydrogen-bond acceptors (Lipinski definition) is 2. The lowest BCUT2D eigenvalue weighted by atomic mass is 10.0. The zero-order chi connectivity index (χ0) is 12.8. The molecule has 0 saturated heterocycles. The Morgan fingerprint density at radius 1 is 1.29 bits per heavy atom. The van der Waals surface area contributed by atoms with Gasteiger partial charge in [-0.3, -0.25) is 4.79 Å². The van der Waals surface area contributed by atoms with E-state index in [4.69, 9.17) is 5.73 Å². The summed E-state index contributed by atoms with van der Waals surface area (Å²) in [5.74, 6) is 1.68. The minimum Gasteiger partial charge on any atom is -0.340 e. The van der Waals surface area contributed by atoms with Gasteiger partial charge in [0, 0.05) is 19.0 Å². The van der Waals surface area contributed by atoms with Crippen molar-refractivity contribution in [2.24, 2.45) is 17.6 Å². The molecule has 1 aliphatic rings. The number of carbonyl (C=O) groups excluding carboxylic acids is 1. The highest BCUT2D eigenvalue weighted by Gasteiger charge is 2.27. The van der Waals surface area contributed by atoms with Crippen molar-refractivity contribution in [3.05, 3.63) is 0 Å². The summed E-state index contributed by atoms with van der Waals surface area (Å²) in [5, 5.41) is 0. The van der Waals surface area contributed by atoms with Gasteiger partial charge in [0.15, 0.2) is 0 Å². The Bertz CT molecular complexity index is 236. The first-order valence-electron chi connectivity index (χ1n) is 7.04. The van der Waals surface area contributed by atoms with Crippen LogP contribution in [0.3, 0.4) is 0 Å². The Kier molecular flexibility index (Phi) is 5.96. The van der Waals surface area contributed by atoms with Gasteiger partial charge in [-0.05, 0) is 57.9 Å². The molecular weight excluding hydrogens is 212 g/mol. The molecule has 0 radical (unpaired) electrons. The van der Waals surface area contributed by atoms with Crippen molar-refractivity contribution in [1.29, 1.82) is 0 Å². The second-order valence-electron chi connectivity index (χ2n) is 5.80. The lowest BCUT2D eigenvalue weighted by Crippen LogP contribution is -2.38. The molecule has 1 amide bonds. The molecule has 1 rings (SSSR count). The van der Waals surface area contributed by atoms with Crippen LogP contribution in [-0.4, -0.2) is 29.9 Å². The predicted octanol–water partition coefficient (Wildman–Crippen LogP) is 2.40. The van der Waals surface area contributed by atoms with Crippen LogP contribution < -0.4 is 5.73 Å². The fraction of sp³-hybridized carbons (Fsp3) is 0.929. The van der Waals surface area contributed by atoms with Gasteiger partial charge in [0.25, 0.3) is 0 Å². The summed E-state index contributed by atoms with van der Waals surface area (Å²) in [7, 11) is 0. The highest BCUT2D eigenvalue weighted by atomic mass is 16.2. The van der Waals surface area contributed by atoms with Gasteiger partial charge in [-0.15, -0.1) is 0 Å². The number of nitrogens with two attached hydrogens (primary N) is 1. The van der Waals surface area contributed by atoms with Crippen LogP contribution >= 0.6 is 0 Å². The molecule has 0 aromatic heterocycles. The van der Waals surface area contributed by atoms with E-state index in [0.29, 0.717) is 24.3 Å². The van der Waals surface area contributed by atoms with Gasteiger partial charge in [-0.25, -0.2) is 0 Å². The van der Waals surface area contributed by atoms with E-state index >= 15 is 0 Å². The number of rotatable bonds is 8. The quantitative estimate of drug-likeness (QED) is 0.708. The zero-order valence-electron chi connectivity index (χ0n) is 11.6. The van der Waals surface area contributed by atoms with Gasteiger partial charge >= 0.3 is 0 Å². The number of carbonyl (C=O) groups is 1. The minimum atomic E-state index is 0.329. The van der Waals surface area contributed by atoms with Crippen LogP contribution in [0.1, 0.15) is 52.9 Å². The molecule has 1 saturated carbocycles. The Morgan fingerprint density at radius 3 is 2.41 bits per heavy atom. The normalized spacial score (nSPS) is 17.2. The van der Waals surface area contributed by atoms with E-state index in [1.165, 1.54) is 12.8 Å². The van der Waals surface area contributed by atoms with Crippen molar-refractivity contribution in [2.75, 3.05) is 13.1 Å². The maximum atomic E-state index is 12.2. The molecule has 3 heteroatoms. The third-order valence-corrected chi connectivity index (χ3v) is 3.61. The van der Waals surface area contributed by atoms with Gasteiger partial charge in [0.05, 0.1) is 0 Å². The summed E-state index contributed by atoms with van der Waals surface area (Å²) in [5.41, 5.74) is 5.52. The predicted molar refractivity (Wildman–Crippen MR) is 71.6 cm³/mol. The fourth-order valence-electron chi connectivity index (χ4n) is 2.12. The molecule has 0 spiro atoms. The van der Waals surface area contributed by atoms with Crippen LogP contribution in [0, 0.1) is 11.8 Å². The molecule has 1 unspecified atom stereocenters. The third-order valence-electron chi connectivity index (χ3n) is 3.61. The monoisotopic (exact) mass is 240 g/mol. The van der Waals surface area contributed by atoms with Crippen LogP contribution in [0.4, 0.5) is 0 Å². The smallest absolute Gasteiger partial charge is 0.222 e. The van der Waals surface area contributed by atoms with E-state index in [0.717, 1.165) is 31.8 Å². The van der Waals surface area contributed by atoms with Crippen LogP contribution in [-0.2, 0) is 4.79 Å². The van der Waals surface area contributed by atoms with Crippen molar-refractivity contribution < 1.29 is 4.79 Å². The molecule has 0 aromatic carbocycles.